The molecule has 5 atom stereocenters. The molecule has 0 N–H and O–H groups in total. The summed E-state index contributed by atoms with van der Waals surface area (Å²) in [5, 5.41) is 0. The van der Waals surface area contributed by atoms with Crippen molar-refractivity contribution in [3.63, 3.8) is 0 Å². The maximum absolute atomic E-state index is 12.8. The number of carbonyl (C=O) groups excluding carboxylic acids is 3. The summed E-state index contributed by atoms with van der Waals surface area (Å²) in [6.45, 7) is 14.4. The zero-order valence-electron chi connectivity index (χ0n) is 18.4. The molecule has 5 unspecified atom stereocenters. The number of esters is 2. The lowest BCUT2D eigenvalue weighted by Crippen LogP contribution is -2.46. The number of fused-ring (bicyclic) bond motifs is 2. The van der Waals surface area contributed by atoms with Crippen LogP contribution in [-0.4, -0.2) is 47.4 Å². The number of carbonyl (C=O) groups is 3. The molecule has 3 aliphatic rings. The third kappa shape index (κ3) is 4.14. The molecule has 1 aliphatic carbocycles. The van der Waals surface area contributed by atoms with Crippen molar-refractivity contribution >= 4 is 17.7 Å². The molecule has 7 heteroatoms. The normalized spacial score (nSPS) is 38.3. The molecular weight excluding hydrogens is 388 g/mol. The van der Waals surface area contributed by atoms with Crippen molar-refractivity contribution < 1.29 is 33.3 Å². The van der Waals surface area contributed by atoms with Gasteiger partial charge >= 0.3 is 11.9 Å². The third-order valence-electron chi connectivity index (χ3n) is 6.09. The lowest BCUT2D eigenvalue weighted by molar-refractivity contribution is -0.171. The number of hydrogen-bond acceptors (Lipinski definition) is 7. The van der Waals surface area contributed by atoms with Gasteiger partial charge in [0.05, 0.1) is 17.6 Å². The quantitative estimate of drug-likeness (QED) is 0.503. The Morgan fingerprint density at radius 3 is 2.60 bits per heavy atom. The first-order valence-electron chi connectivity index (χ1n) is 10.2. The SMILES string of the molecule is C=C1C(=O)OC2/C=C(\C)C(=O)CC3OC(C)(C)OC3(C)CC(OC(=O)/C(C)=C/C)C12. The summed E-state index contributed by atoms with van der Waals surface area (Å²) in [5.74, 6) is -2.69. The molecule has 2 fully saturated rings. The highest BCUT2D eigenvalue weighted by molar-refractivity contribution is 5.96. The van der Waals surface area contributed by atoms with E-state index >= 15 is 0 Å². The Labute approximate surface area is 177 Å². The van der Waals surface area contributed by atoms with E-state index in [0.29, 0.717) is 11.1 Å². The van der Waals surface area contributed by atoms with Gasteiger partial charge in [0, 0.05) is 24.0 Å². The van der Waals surface area contributed by atoms with Gasteiger partial charge in [0.2, 0.25) is 0 Å². The summed E-state index contributed by atoms with van der Waals surface area (Å²) in [6.07, 6.45) is 1.60. The van der Waals surface area contributed by atoms with Crippen LogP contribution in [0, 0.1) is 5.92 Å². The van der Waals surface area contributed by atoms with E-state index in [4.69, 9.17) is 18.9 Å². The van der Waals surface area contributed by atoms with Gasteiger partial charge in [-0.1, -0.05) is 12.7 Å². The highest BCUT2D eigenvalue weighted by Gasteiger charge is 2.55. The zero-order valence-corrected chi connectivity index (χ0v) is 18.4. The fraction of sp³-hybridized carbons (Fsp3) is 0.609. The lowest BCUT2D eigenvalue weighted by Gasteiger charge is -2.36. The minimum atomic E-state index is -0.915. The van der Waals surface area contributed by atoms with Crippen molar-refractivity contribution in [2.75, 3.05) is 0 Å². The van der Waals surface area contributed by atoms with Crippen LogP contribution in [0.3, 0.4) is 0 Å². The molecular formula is C23H30O7. The van der Waals surface area contributed by atoms with Gasteiger partial charge in [0.15, 0.2) is 11.6 Å². The molecule has 0 aromatic carbocycles. The Hall–Kier alpha value is -2.25. The predicted octanol–water partition coefficient (Wildman–Crippen LogP) is 3.18. The van der Waals surface area contributed by atoms with Crippen molar-refractivity contribution in [3.05, 3.63) is 35.5 Å². The topological polar surface area (TPSA) is 88.1 Å². The fourth-order valence-electron chi connectivity index (χ4n) is 4.39. The number of ketones is 1. The van der Waals surface area contributed by atoms with E-state index in [-0.39, 0.29) is 24.2 Å². The highest BCUT2D eigenvalue weighted by Crippen LogP contribution is 2.45. The van der Waals surface area contributed by atoms with Crippen LogP contribution in [0.1, 0.15) is 54.4 Å². The smallest absolute Gasteiger partial charge is 0.334 e. The summed E-state index contributed by atoms with van der Waals surface area (Å²) in [6, 6.07) is 0. The van der Waals surface area contributed by atoms with Gasteiger partial charge in [-0.05, 0) is 53.2 Å². The maximum atomic E-state index is 12.8. The number of ether oxygens (including phenoxy) is 4. The van der Waals surface area contributed by atoms with Gasteiger partial charge < -0.3 is 18.9 Å². The molecule has 164 valence electrons. The molecule has 3 rings (SSSR count). The summed E-state index contributed by atoms with van der Waals surface area (Å²) in [4.78, 5) is 37.7. The zero-order chi connectivity index (χ0) is 22.4. The second-order valence-corrected chi connectivity index (χ2v) is 8.94. The average molecular weight is 418 g/mol. The molecule has 0 saturated carbocycles. The first-order chi connectivity index (χ1) is 13.9. The van der Waals surface area contributed by atoms with Crippen LogP contribution in [0.15, 0.2) is 35.5 Å². The monoisotopic (exact) mass is 418 g/mol. The van der Waals surface area contributed by atoms with E-state index < -0.39 is 47.6 Å². The molecule has 0 aromatic heterocycles. The summed E-state index contributed by atoms with van der Waals surface area (Å²) in [7, 11) is 0. The van der Waals surface area contributed by atoms with E-state index in [9.17, 15) is 14.4 Å². The van der Waals surface area contributed by atoms with Gasteiger partial charge in [0.1, 0.15) is 12.2 Å². The molecule has 0 amide bonds. The van der Waals surface area contributed by atoms with Crippen LogP contribution in [0.4, 0.5) is 0 Å². The van der Waals surface area contributed by atoms with Crippen molar-refractivity contribution in [2.24, 2.45) is 5.92 Å². The van der Waals surface area contributed by atoms with Gasteiger partial charge in [0.25, 0.3) is 0 Å². The second kappa shape index (κ2) is 7.78. The van der Waals surface area contributed by atoms with Crippen LogP contribution in [0.5, 0.6) is 0 Å². The molecule has 0 radical (unpaired) electrons. The molecule has 0 aromatic rings. The molecule has 2 aliphatic heterocycles. The van der Waals surface area contributed by atoms with Crippen LogP contribution >= 0.6 is 0 Å². The molecule has 0 bridgehead atoms. The first kappa shape index (κ1) is 22.4. The van der Waals surface area contributed by atoms with Gasteiger partial charge in [-0.25, -0.2) is 9.59 Å². The second-order valence-electron chi connectivity index (χ2n) is 8.94. The summed E-state index contributed by atoms with van der Waals surface area (Å²) < 4.78 is 23.6. The number of rotatable bonds is 2. The Bertz CT molecular complexity index is 850. The molecule has 30 heavy (non-hydrogen) atoms. The molecule has 2 saturated heterocycles. The average Bonchev–Trinajstić information content (AvgIpc) is 3.04. The largest absolute Gasteiger partial charge is 0.458 e. The Morgan fingerprint density at radius 2 is 1.97 bits per heavy atom. The summed E-state index contributed by atoms with van der Waals surface area (Å²) >= 11 is 0. The van der Waals surface area contributed by atoms with Crippen molar-refractivity contribution in [3.8, 4) is 0 Å². The van der Waals surface area contributed by atoms with Crippen molar-refractivity contribution in [2.45, 2.75) is 84.1 Å². The fourth-order valence-corrected chi connectivity index (χ4v) is 4.39. The van der Waals surface area contributed by atoms with Gasteiger partial charge in [-0.15, -0.1) is 0 Å². The Kier molecular flexibility index (Phi) is 5.82. The van der Waals surface area contributed by atoms with E-state index in [1.165, 1.54) is 0 Å². The number of allylic oxidation sites excluding steroid dienone is 2. The van der Waals surface area contributed by atoms with Crippen LogP contribution < -0.4 is 0 Å². The minimum absolute atomic E-state index is 0.111. The standard InChI is InChI=1S/C23H30O7/c1-8-12(2)20(25)28-17-11-23(7)18(29-22(5,6)30-23)10-15(24)13(3)9-16-19(17)14(4)21(26)27-16/h8-9,16-19H,4,10-11H2,1-3,5-7H3/b12-8+,13-9+. The molecule has 7 nitrogen and oxygen atoms in total. The van der Waals surface area contributed by atoms with E-state index in [0.717, 1.165) is 0 Å². The maximum Gasteiger partial charge on any atom is 0.334 e. The van der Waals surface area contributed by atoms with E-state index in [1.54, 1.807) is 46.8 Å². The Morgan fingerprint density at radius 1 is 1.30 bits per heavy atom. The minimum Gasteiger partial charge on any atom is -0.458 e. The van der Waals surface area contributed by atoms with Gasteiger partial charge in [-0.3, -0.25) is 4.79 Å². The van der Waals surface area contributed by atoms with Crippen molar-refractivity contribution in [1.82, 2.24) is 0 Å². The highest BCUT2D eigenvalue weighted by atomic mass is 16.8. The third-order valence-corrected chi connectivity index (χ3v) is 6.09. The molecule has 2 heterocycles. The lowest BCUT2D eigenvalue weighted by atomic mass is 9.79. The van der Waals surface area contributed by atoms with Crippen LogP contribution in [-0.2, 0) is 33.3 Å². The number of Topliss-reactive ketones (excluding diaryl/α,β-unsaturated/α-hetero) is 1. The van der Waals surface area contributed by atoms with Crippen LogP contribution in [0.2, 0.25) is 0 Å². The number of hydrogen-bond donors (Lipinski definition) is 0. The molecule has 0 spiro atoms. The van der Waals surface area contributed by atoms with Crippen LogP contribution in [0.25, 0.3) is 0 Å². The Balaban J connectivity index is 2.09. The first-order valence-corrected chi connectivity index (χ1v) is 10.2. The van der Waals surface area contributed by atoms with Crippen molar-refractivity contribution in [1.29, 1.82) is 0 Å². The van der Waals surface area contributed by atoms with Gasteiger partial charge in [-0.2, -0.15) is 0 Å². The predicted molar refractivity (Wildman–Crippen MR) is 108 cm³/mol. The summed E-state index contributed by atoms with van der Waals surface area (Å²) in [5.41, 5.74) is 0.209. The van der Waals surface area contributed by atoms with E-state index in [1.807, 2.05) is 6.92 Å². The van der Waals surface area contributed by atoms with E-state index in [2.05, 4.69) is 6.58 Å².